The molecule has 1 amide bonds. The molecule has 0 bridgehead atoms. The number of furan rings is 1. The first kappa shape index (κ1) is 21.0. The van der Waals surface area contributed by atoms with Crippen molar-refractivity contribution in [2.24, 2.45) is 0 Å². The zero-order valence-corrected chi connectivity index (χ0v) is 19.3. The number of amides is 1. The molecule has 4 aromatic rings. The number of hydrogen-bond donors (Lipinski definition) is 1. The summed E-state index contributed by atoms with van der Waals surface area (Å²) in [6.45, 7) is 4.00. The van der Waals surface area contributed by atoms with Gasteiger partial charge in [0.05, 0.1) is 11.9 Å². The van der Waals surface area contributed by atoms with Gasteiger partial charge in [-0.2, -0.15) is 0 Å². The maximum atomic E-state index is 13.1. The van der Waals surface area contributed by atoms with E-state index in [-0.39, 0.29) is 5.91 Å². The number of nitrogens with one attached hydrogen (secondary N) is 1. The van der Waals surface area contributed by atoms with E-state index in [1.165, 1.54) is 19.3 Å². The number of rotatable bonds is 6. The number of anilines is 2. The van der Waals surface area contributed by atoms with Crippen LogP contribution < -0.4 is 10.2 Å². The minimum Gasteiger partial charge on any atom is -0.451 e. The van der Waals surface area contributed by atoms with Crippen LogP contribution in [-0.2, 0) is 5.75 Å². The summed E-state index contributed by atoms with van der Waals surface area (Å²) in [5.74, 6) is 1.56. The Morgan fingerprint density at radius 3 is 2.75 bits per heavy atom. The van der Waals surface area contributed by atoms with E-state index in [1.54, 1.807) is 29.3 Å². The lowest BCUT2D eigenvalue weighted by Gasteiger charge is -2.27. The second kappa shape index (κ2) is 9.30. The Balaban J connectivity index is 1.35. The van der Waals surface area contributed by atoms with E-state index in [9.17, 15) is 4.79 Å². The third-order valence-electron chi connectivity index (χ3n) is 5.44. The summed E-state index contributed by atoms with van der Waals surface area (Å²) in [4.78, 5) is 20.0. The Morgan fingerprint density at radius 2 is 2.00 bits per heavy atom. The largest absolute Gasteiger partial charge is 0.451 e. The smallest absolute Gasteiger partial charge is 0.291 e. The Kier molecular flexibility index (Phi) is 6.09. The molecule has 3 aromatic heterocycles. The molecule has 0 saturated carbocycles. The van der Waals surface area contributed by atoms with Crippen molar-refractivity contribution in [2.45, 2.75) is 36.3 Å². The van der Waals surface area contributed by atoms with Gasteiger partial charge in [0.1, 0.15) is 16.4 Å². The molecule has 1 aliphatic rings. The van der Waals surface area contributed by atoms with Gasteiger partial charge in [-0.05, 0) is 44.4 Å². The molecule has 5 rings (SSSR count). The van der Waals surface area contributed by atoms with Gasteiger partial charge in [-0.15, -0.1) is 10.2 Å². The van der Waals surface area contributed by atoms with E-state index in [1.807, 2.05) is 43.3 Å². The number of para-hydroxylation sites is 1. The van der Waals surface area contributed by atoms with Gasteiger partial charge in [-0.1, -0.05) is 41.3 Å². The zero-order chi connectivity index (χ0) is 21.9. The highest BCUT2D eigenvalue weighted by Crippen LogP contribution is 2.33. The first-order valence-electron chi connectivity index (χ1n) is 10.6. The van der Waals surface area contributed by atoms with Crippen LogP contribution in [0.2, 0.25) is 0 Å². The van der Waals surface area contributed by atoms with Crippen molar-refractivity contribution in [1.82, 2.24) is 15.2 Å². The lowest BCUT2D eigenvalue weighted by Crippen LogP contribution is -2.30. The monoisotopic (exact) mass is 465 g/mol. The molecule has 0 radical (unpaired) electrons. The van der Waals surface area contributed by atoms with Crippen molar-refractivity contribution in [1.29, 1.82) is 0 Å². The van der Waals surface area contributed by atoms with E-state index in [4.69, 9.17) is 4.42 Å². The summed E-state index contributed by atoms with van der Waals surface area (Å²) in [7, 11) is 0. The van der Waals surface area contributed by atoms with Crippen molar-refractivity contribution >= 4 is 51.5 Å². The number of hydrogen-bond acceptors (Lipinski definition) is 8. The fourth-order valence-electron chi connectivity index (χ4n) is 3.85. The molecule has 0 aliphatic carbocycles. The number of fused-ring (bicyclic) bond motifs is 1. The Labute approximate surface area is 194 Å². The van der Waals surface area contributed by atoms with Crippen LogP contribution in [0.1, 0.15) is 40.4 Å². The summed E-state index contributed by atoms with van der Waals surface area (Å²) in [6.07, 6.45) is 5.39. The van der Waals surface area contributed by atoms with Crippen molar-refractivity contribution < 1.29 is 9.21 Å². The van der Waals surface area contributed by atoms with E-state index >= 15 is 0 Å². The predicted molar refractivity (Wildman–Crippen MR) is 129 cm³/mol. The number of carbonyl (C=O) groups is 1. The van der Waals surface area contributed by atoms with E-state index in [0.717, 1.165) is 39.2 Å². The van der Waals surface area contributed by atoms with Gasteiger partial charge in [0.25, 0.3) is 5.91 Å². The minimum absolute atomic E-state index is 0.280. The maximum absolute atomic E-state index is 13.1. The number of aryl methyl sites for hydroxylation is 1. The molecule has 0 atom stereocenters. The number of nitrogens with zero attached hydrogens (tertiary/aromatic N) is 4. The first-order chi connectivity index (χ1) is 15.7. The highest BCUT2D eigenvalue weighted by atomic mass is 32.2. The zero-order valence-electron chi connectivity index (χ0n) is 17.7. The molecular weight excluding hydrogens is 442 g/mol. The molecule has 1 N–H and O–H groups in total. The summed E-state index contributed by atoms with van der Waals surface area (Å²) in [6, 6.07) is 11.6. The third kappa shape index (κ3) is 4.49. The van der Waals surface area contributed by atoms with Crippen LogP contribution in [-0.4, -0.2) is 34.2 Å². The number of pyridine rings is 1. The van der Waals surface area contributed by atoms with Crippen LogP contribution in [0, 0.1) is 6.92 Å². The number of benzene rings is 1. The van der Waals surface area contributed by atoms with Gasteiger partial charge in [0, 0.05) is 29.8 Å². The molecule has 1 aromatic carbocycles. The number of piperidine rings is 1. The number of aromatic nitrogens is 3. The highest BCUT2D eigenvalue weighted by molar-refractivity contribution is 8.00. The van der Waals surface area contributed by atoms with Crippen LogP contribution in [0.3, 0.4) is 0 Å². The molecule has 164 valence electrons. The summed E-state index contributed by atoms with van der Waals surface area (Å²) in [5.41, 5.74) is 2.20. The molecule has 9 heteroatoms. The van der Waals surface area contributed by atoms with Crippen molar-refractivity contribution in [2.75, 3.05) is 23.3 Å². The van der Waals surface area contributed by atoms with Gasteiger partial charge >= 0.3 is 0 Å². The van der Waals surface area contributed by atoms with Gasteiger partial charge in [-0.3, -0.25) is 4.79 Å². The van der Waals surface area contributed by atoms with E-state index in [2.05, 4.69) is 25.4 Å². The maximum Gasteiger partial charge on any atom is 0.291 e. The molecule has 1 aliphatic heterocycles. The lowest BCUT2D eigenvalue weighted by atomic mass is 10.1. The van der Waals surface area contributed by atoms with Crippen molar-refractivity contribution in [3.8, 4) is 0 Å². The minimum atomic E-state index is -0.280. The van der Waals surface area contributed by atoms with Gasteiger partial charge in [-0.25, -0.2) is 4.98 Å². The first-order valence-corrected chi connectivity index (χ1v) is 12.4. The van der Waals surface area contributed by atoms with Crippen LogP contribution in [0.25, 0.3) is 11.0 Å². The Hall–Kier alpha value is -2.91. The molecule has 4 heterocycles. The average molecular weight is 466 g/mol. The SMILES string of the molecule is Cc1nnc(SCc2c(C(=O)Nc3ccc(N4CCCCC4)nc3)oc3ccccc23)s1. The van der Waals surface area contributed by atoms with Crippen LogP contribution >= 0.6 is 23.1 Å². The standard InChI is InChI=1S/C23H23N5O2S2/c1-15-26-27-23(32-15)31-14-18-17-7-3-4-8-19(17)30-21(18)22(29)25-16-9-10-20(24-13-16)28-11-5-2-6-12-28/h3-4,7-10,13H,2,5-6,11-12,14H2,1H3,(H,25,29). The van der Waals surface area contributed by atoms with E-state index < -0.39 is 0 Å². The normalized spacial score (nSPS) is 14.1. The number of thioether (sulfide) groups is 1. The Morgan fingerprint density at radius 1 is 1.16 bits per heavy atom. The van der Waals surface area contributed by atoms with Crippen molar-refractivity contribution in [3.05, 3.63) is 58.9 Å². The van der Waals surface area contributed by atoms with E-state index in [0.29, 0.717) is 22.8 Å². The van der Waals surface area contributed by atoms with Gasteiger partial charge in [0.2, 0.25) is 0 Å². The molecule has 1 fully saturated rings. The fraction of sp³-hybridized carbons (Fsp3) is 0.304. The van der Waals surface area contributed by atoms with Crippen LogP contribution in [0.5, 0.6) is 0 Å². The third-order valence-corrected chi connectivity index (χ3v) is 7.44. The number of carbonyl (C=O) groups excluding carboxylic acids is 1. The average Bonchev–Trinajstić information content (AvgIpc) is 3.42. The lowest BCUT2D eigenvalue weighted by molar-refractivity contribution is 0.0998. The summed E-state index contributed by atoms with van der Waals surface area (Å²) in [5, 5.41) is 13.0. The van der Waals surface area contributed by atoms with Gasteiger partial charge < -0.3 is 14.6 Å². The topological polar surface area (TPSA) is 84.2 Å². The van der Waals surface area contributed by atoms with Gasteiger partial charge in [0.15, 0.2) is 10.1 Å². The molecule has 0 unspecified atom stereocenters. The second-order valence-electron chi connectivity index (χ2n) is 7.69. The molecule has 7 nitrogen and oxygen atoms in total. The summed E-state index contributed by atoms with van der Waals surface area (Å²) >= 11 is 3.10. The van der Waals surface area contributed by atoms with Crippen molar-refractivity contribution in [3.63, 3.8) is 0 Å². The second-order valence-corrected chi connectivity index (χ2v) is 10.1. The molecule has 1 saturated heterocycles. The van der Waals surface area contributed by atoms with Crippen LogP contribution in [0.4, 0.5) is 11.5 Å². The summed E-state index contributed by atoms with van der Waals surface area (Å²) < 4.78 is 6.83. The predicted octanol–water partition coefficient (Wildman–Crippen LogP) is 5.52. The quantitative estimate of drug-likeness (QED) is 0.375. The highest BCUT2D eigenvalue weighted by Gasteiger charge is 2.21. The molecular formula is C23H23N5O2S2. The fourth-order valence-corrected chi connectivity index (χ4v) is 5.70. The molecule has 32 heavy (non-hydrogen) atoms. The Bertz CT molecular complexity index is 1230. The van der Waals surface area contributed by atoms with Crippen LogP contribution in [0.15, 0.2) is 51.4 Å². The molecule has 0 spiro atoms.